The molecule has 0 N–H and O–H groups in total. The second kappa shape index (κ2) is 6.19. The Kier molecular flexibility index (Phi) is 4.03. The smallest absolute Gasteiger partial charge is 0.254 e. The number of piperidine rings is 1. The van der Waals surface area contributed by atoms with E-state index in [-0.39, 0.29) is 5.91 Å². The van der Waals surface area contributed by atoms with Crippen molar-refractivity contribution in [2.24, 2.45) is 5.92 Å². The maximum absolute atomic E-state index is 13.4. The van der Waals surface area contributed by atoms with E-state index in [1.807, 2.05) is 19.1 Å². The number of amides is 1. The zero-order chi connectivity index (χ0) is 16.7. The Morgan fingerprint density at radius 1 is 1.08 bits per heavy atom. The fraction of sp³-hybridized carbons (Fsp3) is 0.524. The van der Waals surface area contributed by atoms with Crippen LogP contribution in [0.15, 0.2) is 24.3 Å². The number of hydrogen-bond acceptors (Lipinski definition) is 2. The maximum atomic E-state index is 13.4. The van der Waals surface area contributed by atoms with Crippen LogP contribution in [0.1, 0.15) is 60.1 Å². The lowest BCUT2D eigenvalue weighted by atomic mass is 9.78. The van der Waals surface area contributed by atoms with Gasteiger partial charge in [-0.05, 0) is 63.6 Å². The molecule has 126 valence electrons. The van der Waals surface area contributed by atoms with Crippen molar-refractivity contribution in [3.63, 3.8) is 0 Å². The van der Waals surface area contributed by atoms with Crippen LogP contribution in [0.25, 0.3) is 10.9 Å². The lowest BCUT2D eigenvalue weighted by molar-refractivity contribution is 0.0392. The summed E-state index contributed by atoms with van der Waals surface area (Å²) >= 11 is 0. The second-order valence-electron chi connectivity index (χ2n) is 7.58. The third-order valence-corrected chi connectivity index (χ3v) is 5.83. The SMILES string of the molecule is Cc1ccc2nc(C)cc(C(=O)N3CCCC4CCCCC43)c2c1. The van der Waals surface area contributed by atoms with Gasteiger partial charge in [0, 0.05) is 23.7 Å². The average molecular weight is 322 g/mol. The molecule has 2 heterocycles. The lowest BCUT2D eigenvalue weighted by Gasteiger charge is -2.44. The average Bonchev–Trinajstić information content (AvgIpc) is 2.60. The molecule has 2 unspecified atom stereocenters. The zero-order valence-corrected chi connectivity index (χ0v) is 14.7. The number of aromatic nitrogens is 1. The van der Waals surface area contributed by atoms with Gasteiger partial charge in [0.25, 0.3) is 5.91 Å². The van der Waals surface area contributed by atoms with Gasteiger partial charge in [-0.3, -0.25) is 9.78 Å². The van der Waals surface area contributed by atoms with E-state index in [1.54, 1.807) is 0 Å². The first-order chi connectivity index (χ1) is 11.6. The number of pyridine rings is 1. The first-order valence-electron chi connectivity index (χ1n) is 9.32. The van der Waals surface area contributed by atoms with E-state index in [2.05, 4.69) is 28.9 Å². The van der Waals surface area contributed by atoms with Crippen molar-refractivity contribution in [2.45, 2.75) is 58.4 Å². The Morgan fingerprint density at radius 3 is 2.75 bits per heavy atom. The highest BCUT2D eigenvalue weighted by Gasteiger charge is 2.36. The minimum Gasteiger partial charge on any atom is -0.335 e. The molecule has 2 atom stereocenters. The highest BCUT2D eigenvalue weighted by atomic mass is 16.2. The number of hydrogen-bond donors (Lipinski definition) is 0. The molecule has 3 nitrogen and oxygen atoms in total. The highest BCUT2D eigenvalue weighted by molar-refractivity contribution is 6.06. The Hall–Kier alpha value is -1.90. The predicted molar refractivity (Wildman–Crippen MR) is 97.2 cm³/mol. The van der Waals surface area contributed by atoms with Gasteiger partial charge in [-0.2, -0.15) is 0 Å². The molecule has 2 aromatic rings. The Labute approximate surface area is 144 Å². The van der Waals surface area contributed by atoms with Crippen LogP contribution in [-0.2, 0) is 0 Å². The summed E-state index contributed by atoms with van der Waals surface area (Å²) < 4.78 is 0. The number of rotatable bonds is 1. The third kappa shape index (κ3) is 2.70. The molecule has 4 rings (SSSR count). The van der Waals surface area contributed by atoms with Crippen LogP contribution < -0.4 is 0 Å². The summed E-state index contributed by atoms with van der Waals surface area (Å²) in [4.78, 5) is 20.2. The Balaban J connectivity index is 1.76. The fourth-order valence-corrected chi connectivity index (χ4v) is 4.68. The van der Waals surface area contributed by atoms with Crippen molar-refractivity contribution in [3.05, 3.63) is 41.1 Å². The lowest BCUT2D eigenvalue weighted by Crippen LogP contribution is -2.49. The van der Waals surface area contributed by atoms with Crippen molar-refractivity contribution in [2.75, 3.05) is 6.54 Å². The van der Waals surface area contributed by atoms with Crippen molar-refractivity contribution < 1.29 is 4.79 Å². The number of nitrogens with zero attached hydrogens (tertiary/aromatic N) is 2. The molecule has 1 aliphatic carbocycles. The van der Waals surface area contributed by atoms with E-state index >= 15 is 0 Å². The summed E-state index contributed by atoms with van der Waals surface area (Å²) in [5.74, 6) is 0.931. The summed E-state index contributed by atoms with van der Waals surface area (Å²) in [7, 11) is 0. The standard InChI is InChI=1S/C21H26N2O/c1-14-9-10-19-17(12-14)18(13-15(2)22-19)21(24)23-11-5-7-16-6-3-4-8-20(16)23/h9-10,12-13,16,20H,3-8,11H2,1-2H3. The first-order valence-corrected chi connectivity index (χ1v) is 9.32. The Bertz CT molecular complexity index is 781. The Morgan fingerprint density at radius 2 is 1.88 bits per heavy atom. The number of aryl methyl sites for hydroxylation is 2. The number of likely N-dealkylation sites (tertiary alicyclic amines) is 1. The number of carbonyl (C=O) groups excluding carboxylic acids is 1. The van der Waals surface area contributed by atoms with Gasteiger partial charge in [0.2, 0.25) is 0 Å². The minimum atomic E-state index is 0.215. The molecule has 1 amide bonds. The number of fused-ring (bicyclic) bond motifs is 2. The minimum absolute atomic E-state index is 0.215. The molecular weight excluding hydrogens is 296 g/mol. The van der Waals surface area contributed by atoms with Crippen molar-refractivity contribution in [3.8, 4) is 0 Å². The summed E-state index contributed by atoms with van der Waals surface area (Å²) in [6, 6.07) is 8.65. The van der Waals surface area contributed by atoms with E-state index in [4.69, 9.17) is 0 Å². The molecule has 0 bridgehead atoms. The fourth-order valence-electron chi connectivity index (χ4n) is 4.68. The van der Waals surface area contributed by atoms with Crippen molar-refractivity contribution in [1.29, 1.82) is 0 Å². The van der Waals surface area contributed by atoms with E-state index in [1.165, 1.54) is 37.7 Å². The van der Waals surface area contributed by atoms with Gasteiger partial charge in [-0.25, -0.2) is 0 Å². The van der Waals surface area contributed by atoms with Gasteiger partial charge in [0.15, 0.2) is 0 Å². The van der Waals surface area contributed by atoms with E-state index < -0.39 is 0 Å². The van der Waals surface area contributed by atoms with Gasteiger partial charge in [-0.15, -0.1) is 0 Å². The summed E-state index contributed by atoms with van der Waals surface area (Å²) in [5.41, 5.74) is 3.87. The molecule has 1 aromatic heterocycles. The highest BCUT2D eigenvalue weighted by Crippen LogP contribution is 2.36. The summed E-state index contributed by atoms with van der Waals surface area (Å²) in [6.45, 7) is 4.97. The zero-order valence-electron chi connectivity index (χ0n) is 14.7. The van der Waals surface area contributed by atoms with Crippen LogP contribution in [0.4, 0.5) is 0 Å². The normalized spacial score (nSPS) is 24.0. The molecule has 1 saturated carbocycles. The first kappa shape index (κ1) is 15.6. The van der Waals surface area contributed by atoms with Crippen molar-refractivity contribution in [1.82, 2.24) is 9.88 Å². The largest absolute Gasteiger partial charge is 0.335 e. The summed E-state index contributed by atoms with van der Waals surface area (Å²) in [5, 5.41) is 1.00. The van der Waals surface area contributed by atoms with Crippen LogP contribution in [0.3, 0.4) is 0 Å². The molecule has 3 heteroatoms. The quantitative estimate of drug-likeness (QED) is 0.766. The number of carbonyl (C=O) groups is 1. The second-order valence-corrected chi connectivity index (χ2v) is 7.58. The van der Waals surface area contributed by atoms with Crippen LogP contribution in [0.2, 0.25) is 0 Å². The van der Waals surface area contributed by atoms with Crippen LogP contribution in [0, 0.1) is 19.8 Å². The molecule has 0 radical (unpaired) electrons. The van der Waals surface area contributed by atoms with Gasteiger partial charge >= 0.3 is 0 Å². The topological polar surface area (TPSA) is 33.2 Å². The van der Waals surface area contributed by atoms with Crippen LogP contribution in [0.5, 0.6) is 0 Å². The van der Waals surface area contributed by atoms with E-state index in [0.717, 1.165) is 35.1 Å². The molecule has 1 aromatic carbocycles. The molecule has 1 saturated heterocycles. The van der Waals surface area contributed by atoms with Crippen LogP contribution in [-0.4, -0.2) is 28.4 Å². The monoisotopic (exact) mass is 322 g/mol. The van der Waals surface area contributed by atoms with Gasteiger partial charge in [0.1, 0.15) is 0 Å². The number of benzene rings is 1. The molecule has 0 spiro atoms. The maximum Gasteiger partial charge on any atom is 0.254 e. The van der Waals surface area contributed by atoms with E-state index in [9.17, 15) is 4.79 Å². The summed E-state index contributed by atoms with van der Waals surface area (Å²) in [6.07, 6.45) is 7.51. The third-order valence-electron chi connectivity index (χ3n) is 5.83. The molecule has 24 heavy (non-hydrogen) atoms. The molecule has 2 fully saturated rings. The molecular formula is C21H26N2O. The van der Waals surface area contributed by atoms with Gasteiger partial charge in [0.05, 0.1) is 11.1 Å². The van der Waals surface area contributed by atoms with E-state index in [0.29, 0.717) is 12.0 Å². The predicted octanol–water partition coefficient (Wildman–Crippen LogP) is 4.65. The van der Waals surface area contributed by atoms with Gasteiger partial charge < -0.3 is 4.90 Å². The van der Waals surface area contributed by atoms with Crippen molar-refractivity contribution >= 4 is 16.8 Å². The molecule has 1 aliphatic heterocycles. The van der Waals surface area contributed by atoms with Crippen LogP contribution >= 0.6 is 0 Å². The molecule has 2 aliphatic rings. The van der Waals surface area contributed by atoms with Gasteiger partial charge in [-0.1, -0.05) is 24.5 Å².